The van der Waals surface area contributed by atoms with Crippen molar-refractivity contribution in [3.05, 3.63) is 33.8 Å². The topological polar surface area (TPSA) is 21.3 Å². The van der Waals surface area contributed by atoms with Crippen LogP contribution < -0.4 is 5.32 Å². The van der Waals surface area contributed by atoms with Gasteiger partial charge in [-0.1, -0.05) is 42.3 Å². The molecule has 0 saturated carbocycles. The van der Waals surface area contributed by atoms with Gasteiger partial charge in [-0.3, -0.25) is 0 Å². The molecule has 0 amide bonds. The summed E-state index contributed by atoms with van der Waals surface area (Å²) < 4.78 is 5.54. The molecule has 0 bridgehead atoms. The van der Waals surface area contributed by atoms with Gasteiger partial charge in [-0.05, 0) is 32.0 Å². The van der Waals surface area contributed by atoms with Crippen LogP contribution in [0.5, 0.6) is 0 Å². The van der Waals surface area contributed by atoms with Crippen LogP contribution in [0.2, 0.25) is 10.0 Å². The van der Waals surface area contributed by atoms with Gasteiger partial charge in [0, 0.05) is 7.11 Å². The first-order valence-corrected chi connectivity index (χ1v) is 6.42. The summed E-state index contributed by atoms with van der Waals surface area (Å²) in [5.41, 5.74) is 0.609. The molecule has 17 heavy (non-hydrogen) atoms. The molecule has 96 valence electrons. The van der Waals surface area contributed by atoms with E-state index in [0.29, 0.717) is 10.0 Å². The van der Waals surface area contributed by atoms with Gasteiger partial charge in [0.25, 0.3) is 0 Å². The Bertz CT molecular complexity index is 380. The maximum absolute atomic E-state index is 6.26. The van der Waals surface area contributed by atoms with Crippen LogP contribution in [0.1, 0.15) is 32.4 Å². The van der Waals surface area contributed by atoms with Crippen LogP contribution in [-0.2, 0) is 4.74 Å². The van der Waals surface area contributed by atoms with Crippen LogP contribution in [0.4, 0.5) is 0 Å². The highest BCUT2D eigenvalue weighted by Crippen LogP contribution is 2.36. The molecule has 1 unspecified atom stereocenters. The Balaban J connectivity index is 3.18. The van der Waals surface area contributed by atoms with Gasteiger partial charge >= 0.3 is 0 Å². The average molecular weight is 276 g/mol. The zero-order valence-corrected chi connectivity index (χ0v) is 12.2. The van der Waals surface area contributed by atoms with Crippen molar-refractivity contribution in [1.82, 2.24) is 5.32 Å². The number of likely N-dealkylation sites (N-methyl/N-ethyl adjacent to an activating group) is 1. The quantitative estimate of drug-likeness (QED) is 0.875. The molecule has 0 saturated heterocycles. The van der Waals surface area contributed by atoms with Gasteiger partial charge in [-0.25, -0.2) is 0 Å². The van der Waals surface area contributed by atoms with Crippen molar-refractivity contribution in [2.45, 2.75) is 32.4 Å². The zero-order valence-electron chi connectivity index (χ0n) is 10.7. The summed E-state index contributed by atoms with van der Waals surface area (Å²) in [7, 11) is 1.70. The van der Waals surface area contributed by atoms with E-state index in [4.69, 9.17) is 27.9 Å². The molecule has 4 heteroatoms. The normalized spacial score (nSPS) is 13.8. The maximum Gasteiger partial charge on any atom is 0.0817 e. The van der Waals surface area contributed by atoms with Gasteiger partial charge in [0.05, 0.1) is 21.7 Å². The molecular formula is C13H19Cl2NO. The lowest BCUT2D eigenvalue weighted by Gasteiger charge is -2.34. The summed E-state index contributed by atoms with van der Waals surface area (Å²) in [5, 5.41) is 4.55. The van der Waals surface area contributed by atoms with Gasteiger partial charge in [0.2, 0.25) is 0 Å². The number of rotatable bonds is 5. The minimum Gasteiger partial charge on any atom is -0.377 e. The van der Waals surface area contributed by atoms with E-state index >= 15 is 0 Å². The van der Waals surface area contributed by atoms with Crippen molar-refractivity contribution in [2.24, 2.45) is 0 Å². The SMILES string of the molecule is CCNC(c1cccc(Cl)c1Cl)C(C)(C)OC. The lowest BCUT2D eigenvalue weighted by molar-refractivity contribution is -0.0106. The molecule has 0 heterocycles. The first-order valence-electron chi connectivity index (χ1n) is 5.66. The smallest absolute Gasteiger partial charge is 0.0817 e. The second-order valence-corrected chi connectivity index (χ2v) is 5.23. The molecule has 1 aromatic carbocycles. The summed E-state index contributed by atoms with van der Waals surface area (Å²) in [6, 6.07) is 5.67. The molecule has 0 aliphatic rings. The summed E-state index contributed by atoms with van der Waals surface area (Å²) >= 11 is 12.3. The molecule has 0 aliphatic heterocycles. The lowest BCUT2D eigenvalue weighted by Crippen LogP contribution is -2.41. The Morgan fingerprint density at radius 1 is 1.35 bits per heavy atom. The fourth-order valence-electron chi connectivity index (χ4n) is 1.80. The Hall–Kier alpha value is -0.280. The summed E-state index contributed by atoms with van der Waals surface area (Å²) in [4.78, 5) is 0. The minimum absolute atomic E-state index is 0.00343. The third-order valence-corrected chi connectivity index (χ3v) is 3.76. The monoisotopic (exact) mass is 275 g/mol. The number of nitrogens with one attached hydrogen (secondary N) is 1. The number of methoxy groups -OCH3 is 1. The molecule has 2 nitrogen and oxygen atoms in total. The van der Waals surface area contributed by atoms with Gasteiger partial charge in [0.1, 0.15) is 0 Å². The van der Waals surface area contributed by atoms with Crippen LogP contribution in [0, 0.1) is 0 Å². The number of halogens is 2. The summed E-state index contributed by atoms with van der Waals surface area (Å²) in [6.45, 7) is 6.94. The predicted octanol–water partition coefficient (Wildman–Crippen LogP) is 4.07. The summed E-state index contributed by atoms with van der Waals surface area (Å²) in [5.74, 6) is 0. The molecule has 0 radical (unpaired) electrons. The van der Waals surface area contributed by atoms with Crippen LogP contribution in [0.15, 0.2) is 18.2 Å². The van der Waals surface area contributed by atoms with E-state index < -0.39 is 0 Å². The second-order valence-electron chi connectivity index (χ2n) is 4.44. The second kappa shape index (κ2) is 6.05. The number of hydrogen-bond acceptors (Lipinski definition) is 2. The third-order valence-electron chi connectivity index (χ3n) is 2.92. The first-order chi connectivity index (χ1) is 7.94. The molecule has 0 aliphatic carbocycles. The first kappa shape index (κ1) is 14.8. The molecule has 1 atom stereocenters. The fourth-order valence-corrected chi connectivity index (χ4v) is 2.21. The van der Waals surface area contributed by atoms with Crippen molar-refractivity contribution in [1.29, 1.82) is 0 Å². The van der Waals surface area contributed by atoms with Crippen LogP contribution in [0.3, 0.4) is 0 Å². The van der Waals surface area contributed by atoms with Crippen molar-refractivity contribution >= 4 is 23.2 Å². The summed E-state index contributed by atoms with van der Waals surface area (Å²) in [6.07, 6.45) is 0. The molecule has 1 aromatic rings. The van der Waals surface area contributed by atoms with Gasteiger partial charge in [-0.15, -0.1) is 0 Å². The van der Waals surface area contributed by atoms with E-state index in [9.17, 15) is 0 Å². The highest BCUT2D eigenvalue weighted by atomic mass is 35.5. The van der Waals surface area contributed by atoms with Gasteiger partial charge in [-0.2, -0.15) is 0 Å². The Kier molecular flexibility index (Phi) is 5.26. The van der Waals surface area contributed by atoms with Crippen LogP contribution in [-0.4, -0.2) is 19.3 Å². The van der Waals surface area contributed by atoms with E-state index in [1.807, 2.05) is 26.0 Å². The highest BCUT2D eigenvalue weighted by molar-refractivity contribution is 6.42. The number of ether oxygens (including phenoxy) is 1. The van der Waals surface area contributed by atoms with Crippen molar-refractivity contribution in [3.8, 4) is 0 Å². The molecule has 1 rings (SSSR count). The fraction of sp³-hybridized carbons (Fsp3) is 0.538. The predicted molar refractivity (Wildman–Crippen MR) is 74.0 cm³/mol. The number of benzene rings is 1. The Morgan fingerprint density at radius 2 is 2.00 bits per heavy atom. The number of hydrogen-bond donors (Lipinski definition) is 1. The minimum atomic E-state index is -0.357. The standard InChI is InChI=1S/C13H19Cl2NO/c1-5-16-12(13(2,3)17-4)9-7-6-8-10(14)11(9)15/h6-8,12,16H,5H2,1-4H3. The molecule has 0 fully saturated rings. The van der Waals surface area contributed by atoms with E-state index in [2.05, 4.69) is 12.2 Å². The van der Waals surface area contributed by atoms with Crippen molar-refractivity contribution < 1.29 is 4.74 Å². The zero-order chi connectivity index (χ0) is 13.1. The lowest BCUT2D eigenvalue weighted by atomic mass is 9.91. The van der Waals surface area contributed by atoms with E-state index in [1.165, 1.54) is 0 Å². The molecular weight excluding hydrogens is 257 g/mol. The van der Waals surface area contributed by atoms with Gasteiger partial charge < -0.3 is 10.1 Å². The van der Waals surface area contributed by atoms with E-state index in [0.717, 1.165) is 12.1 Å². The van der Waals surface area contributed by atoms with Crippen molar-refractivity contribution in [3.63, 3.8) is 0 Å². The van der Waals surface area contributed by atoms with Crippen molar-refractivity contribution in [2.75, 3.05) is 13.7 Å². The van der Waals surface area contributed by atoms with Crippen LogP contribution in [0.25, 0.3) is 0 Å². The third kappa shape index (κ3) is 3.35. The van der Waals surface area contributed by atoms with Gasteiger partial charge in [0.15, 0.2) is 0 Å². The Morgan fingerprint density at radius 3 is 2.53 bits per heavy atom. The van der Waals surface area contributed by atoms with E-state index in [1.54, 1.807) is 13.2 Å². The largest absolute Gasteiger partial charge is 0.377 e. The van der Waals surface area contributed by atoms with Crippen LogP contribution >= 0.6 is 23.2 Å². The molecule has 0 spiro atoms. The molecule has 1 N–H and O–H groups in total. The highest BCUT2D eigenvalue weighted by Gasteiger charge is 2.31. The Labute approximate surface area is 113 Å². The molecule has 0 aromatic heterocycles. The van der Waals surface area contributed by atoms with E-state index in [-0.39, 0.29) is 11.6 Å². The average Bonchev–Trinajstić information content (AvgIpc) is 2.30. The maximum atomic E-state index is 6.26.